The third-order valence-electron chi connectivity index (χ3n) is 5.97. The lowest BCUT2D eigenvalue weighted by atomic mass is 9.75. The normalized spacial score (nSPS) is 22.4. The molecule has 1 aliphatic carbocycles. The molecule has 0 unspecified atom stereocenters. The fraction of sp³-hybridized carbons (Fsp3) is 0.476. The minimum atomic E-state index is -0.327. The van der Waals surface area contributed by atoms with Gasteiger partial charge in [0.1, 0.15) is 0 Å². The van der Waals surface area contributed by atoms with Crippen LogP contribution in [0.15, 0.2) is 35.1 Å². The van der Waals surface area contributed by atoms with Crippen molar-refractivity contribution in [2.24, 2.45) is 11.8 Å². The van der Waals surface area contributed by atoms with Gasteiger partial charge in [-0.05, 0) is 43.7 Å². The van der Waals surface area contributed by atoms with E-state index in [-0.39, 0.29) is 17.0 Å². The zero-order valence-electron chi connectivity index (χ0n) is 15.5. The van der Waals surface area contributed by atoms with Gasteiger partial charge < -0.3 is 4.90 Å². The van der Waals surface area contributed by atoms with Gasteiger partial charge in [0, 0.05) is 24.8 Å². The molecule has 1 aromatic carbocycles. The molecule has 1 saturated heterocycles. The molecule has 0 bridgehead atoms. The summed E-state index contributed by atoms with van der Waals surface area (Å²) >= 11 is 6.29. The van der Waals surface area contributed by atoms with Crippen LogP contribution in [0.3, 0.4) is 0 Å². The van der Waals surface area contributed by atoms with Crippen LogP contribution in [0.1, 0.15) is 48.3 Å². The largest absolute Gasteiger partial charge is 0.337 e. The number of aryl methyl sites for hydroxylation is 1. The van der Waals surface area contributed by atoms with Crippen molar-refractivity contribution in [1.82, 2.24) is 14.7 Å². The molecule has 2 fully saturated rings. The van der Waals surface area contributed by atoms with Crippen LogP contribution >= 0.6 is 11.6 Å². The third kappa shape index (κ3) is 3.53. The summed E-state index contributed by atoms with van der Waals surface area (Å²) in [4.78, 5) is 27.4. The Kier molecular flexibility index (Phi) is 5.04. The molecule has 1 aliphatic heterocycles. The van der Waals surface area contributed by atoms with E-state index in [1.165, 1.54) is 31.7 Å². The second-order valence-corrected chi connectivity index (χ2v) is 8.11. The zero-order valence-corrected chi connectivity index (χ0v) is 16.3. The van der Waals surface area contributed by atoms with Gasteiger partial charge in [-0.1, -0.05) is 43.0 Å². The molecule has 27 heavy (non-hydrogen) atoms. The lowest BCUT2D eigenvalue weighted by Gasteiger charge is -2.41. The lowest BCUT2D eigenvalue weighted by molar-refractivity contribution is 0.0512. The predicted molar refractivity (Wildman–Crippen MR) is 106 cm³/mol. The van der Waals surface area contributed by atoms with Crippen LogP contribution in [0.2, 0.25) is 5.02 Å². The number of hydrogen-bond donors (Lipinski definition) is 0. The summed E-state index contributed by atoms with van der Waals surface area (Å²) in [5.74, 6) is 1.03. The number of para-hydroxylation sites is 1. The maximum Gasteiger partial charge on any atom is 0.278 e. The van der Waals surface area contributed by atoms with E-state index in [0.717, 1.165) is 18.9 Å². The second-order valence-electron chi connectivity index (χ2n) is 7.71. The zero-order chi connectivity index (χ0) is 19.0. The van der Waals surface area contributed by atoms with E-state index in [0.29, 0.717) is 28.9 Å². The van der Waals surface area contributed by atoms with Gasteiger partial charge in [-0.3, -0.25) is 9.59 Å². The third-order valence-corrected chi connectivity index (χ3v) is 6.29. The first-order valence-electron chi connectivity index (χ1n) is 9.70. The van der Waals surface area contributed by atoms with Crippen LogP contribution < -0.4 is 5.43 Å². The van der Waals surface area contributed by atoms with Crippen molar-refractivity contribution in [3.63, 3.8) is 0 Å². The van der Waals surface area contributed by atoms with Crippen molar-refractivity contribution in [3.05, 3.63) is 57.0 Å². The number of halogens is 1. The average molecular weight is 386 g/mol. The Morgan fingerprint density at radius 2 is 1.89 bits per heavy atom. The molecule has 1 aromatic heterocycles. The number of amides is 1. The molecular weight excluding hydrogens is 362 g/mol. The fourth-order valence-corrected chi connectivity index (χ4v) is 4.71. The molecule has 1 amide bonds. The molecule has 0 radical (unpaired) electrons. The molecule has 2 aromatic rings. The van der Waals surface area contributed by atoms with Gasteiger partial charge in [-0.2, -0.15) is 5.10 Å². The Bertz CT molecular complexity index is 924. The molecular formula is C21H24ClN3O2. The maximum absolute atomic E-state index is 13.1. The Balaban J connectivity index is 1.65. The van der Waals surface area contributed by atoms with Crippen molar-refractivity contribution < 1.29 is 4.79 Å². The summed E-state index contributed by atoms with van der Waals surface area (Å²) in [6, 6.07) is 8.76. The molecule has 142 valence electrons. The maximum atomic E-state index is 13.1. The minimum absolute atomic E-state index is 0.0187. The van der Waals surface area contributed by atoms with E-state index in [2.05, 4.69) is 5.10 Å². The SMILES string of the molecule is Cc1cc(=O)c(C(=O)N2CC[C@H]3CCCC[C@H]3C2)nn1-c1ccccc1Cl. The van der Waals surface area contributed by atoms with E-state index < -0.39 is 0 Å². The van der Waals surface area contributed by atoms with Gasteiger partial charge in [0.2, 0.25) is 5.43 Å². The molecule has 0 spiro atoms. The smallest absolute Gasteiger partial charge is 0.278 e. The highest BCUT2D eigenvalue weighted by atomic mass is 35.5. The molecule has 2 atom stereocenters. The van der Waals surface area contributed by atoms with Crippen LogP contribution in [-0.4, -0.2) is 33.7 Å². The molecule has 1 saturated carbocycles. The van der Waals surface area contributed by atoms with Crippen molar-refractivity contribution in [1.29, 1.82) is 0 Å². The topological polar surface area (TPSA) is 55.2 Å². The van der Waals surface area contributed by atoms with Gasteiger partial charge in [-0.25, -0.2) is 4.68 Å². The lowest BCUT2D eigenvalue weighted by Crippen LogP contribution is -2.46. The number of benzene rings is 1. The Morgan fingerprint density at radius 1 is 1.15 bits per heavy atom. The van der Waals surface area contributed by atoms with Gasteiger partial charge in [0.25, 0.3) is 5.91 Å². The number of nitrogens with zero attached hydrogens (tertiary/aromatic N) is 3. The number of fused-ring (bicyclic) bond motifs is 1. The van der Waals surface area contributed by atoms with Crippen molar-refractivity contribution >= 4 is 17.5 Å². The Morgan fingerprint density at radius 3 is 2.67 bits per heavy atom. The number of rotatable bonds is 2. The molecule has 5 nitrogen and oxygen atoms in total. The summed E-state index contributed by atoms with van der Waals surface area (Å²) < 4.78 is 1.59. The molecule has 6 heteroatoms. The predicted octanol–water partition coefficient (Wildman–Crippen LogP) is 3.85. The summed E-state index contributed by atoms with van der Waals surface area (Å²) in [5.41, 5.74) is 0.966. The highest BCUT2D eigenvalue weighted by Gasteiger charge is 2.34. The molecule has 4 rings (SSSR count). The van der Waals surface area contributed by atoms with Gasteiger partial charge in [0.05, 0.1) is 10.7 Å². The molecule has 2 heterocycles. The van der Waals surface area contributed by atoms with Crippen LogP contribution in [0, 0.1) is 18.8 Å². The average Bonchev–Trinajstić information content (AvgIpc) is 2.68. The molecule has 0 N–H and O–H groups in total. The highest BCUT2D eigenvalue weighted by Crippen LogP contribution is 2.36. The van der Waals surface area contributed by atoms with Crippen LogP contribution in [0.25, 0.3) is 5.69 Å². The summed E-state index contributed by atoms with van der Waals surface area (Å²) in [5, 5.41) is 4.94. The van der Waals surface area contributed by atoms with E-state index in [4.69, 9.17) is 11.6 Å². The van der Waals surface area contributed by atoms with Crippen LogP contribution in [-0.2, 0) is 0 Å². The Labute approximate surface area is 163 Å². The van der Waals surface area contributed by atoms with Gasteiger partial charge >= 0.3 is 0 Å². The van der Waals surface area contributed by atoms with Crippen molar-refractivity contribution in [2.45, 2.75) is 39.0 Å². The van der Waals surface area contributed by atoms with Crippen molar-refractivity contribution in [3.8, 4) is 5.69 Å². The van der Waals surface area contributed by atoms with Crippen molar-refractivity contribution in [2.75, 3.05) is 13.1 Å². The quantitative estimate of drug-likeness (QED) is 0.789. The van der Waals surface area contributed by atoms with Gasteiger partial charge in [-0.15, -0.1) is 0 Å². The summed E-state index contributed by atoms with van der Waals surface area (Å²) in [6.07, 6.45) is 6.03. The summed E-state index contributed by atoms with van der Waals surface area (Å²) in [7, 11) is 0. The number of carbonyl (C=O) groups is 1. The van der Waals surface area contributed by atoms with Crippen LogP contribution in [0.5, 0.6) is 0 Å². The van der Waals surface area contributed by atoms with E-state index in [1.54, 1.807) is 17.7 Å². The monoisotopic (exact) mass is 385 g/mol. The summed E-state index contributed by atoms with van der Waals surface area (Å²) in [6.45, 7) is 3.24. The first-order valence-corrected chi connectivity index (χ1v) is 10.1. The number of hydrogen-bond acceptors (Lipinski definition) is 3. The minimum Gasteiger partial charge on any atom is -0.337 e. The second kappa shape index (κ2) is 7.47. The van der Waals surface area contributed by atoms with E-state index in [1.807, 2.05) is 23.1 Å². The first-order chi connectivity index (χ1) is 13.0. The van der Waals surface area contributed by atoms with Gasteiger partial charge in [0.15, 0.2) is 5.69 Å². The molecule has 2 aliphatic rings. The van der Waals surface area contributed by atoms with E-state index in [9.17, 15) is 9.59 Å². The number of aromatic nitrogens is 2. The number of carbonyl (C=O) groups excluding carboxylic acids is 1. The number of likely N-dealkylation sites (tertiary alicyclic amines) is 1. The fourth-order valence-electron chi connectivity index (χ4n) is 4.50. The standard InChI is InChI=1S/C21H24ClN3O2/c1-14-12-19(26)20(23-25(14)18-9-5-4-8-17(18)22)21(27)24-11-10-15-6-2-3-7-16(15)13-24/h4-5,8-9,12,15-16H,2-3,6-7,10-11,13H2,1H3/t15-,16+/m1/s1. The highest BCUT2D eigenvalue weighted by molar-refractivity contribution is 6.32. The first kappa shape index (κ1) is 18.2. The number of piperidine rings is 1. The van der Waals surface area contributed by atoms with Crippen LogP contribution in [0.4, 0.5) is 0 Å². The van der Waals surface area contributed by atoms with E-state index >= 15 is 0 Å². The Hall–Kier alpha value is -2.14.